The van der Waals surface area contributed by atoms with Gasteiger partial charge in [0.15, 0.2) is 0 Å². The minimum absolute atomic E-state index is 0.0205. The summed E-state index contributed by atoms with van der Waals surface area (Å²) in [5.41, 5.74) is 5.16. The second-order valence-corrected chi connectivity index (χ2v) is 11.2. The molecule has 3 aromatic carbocycles. The number of quaternary nitrogens is 1. The minimum atomic E-state index is 0.0205. The first-order valence-electron chi connectivity index (χ1n) is 12.2. The van der Waals surface area contributed by atoms with E-state index >= 15 is 0 Å². The van der Waals surface area contributed by atoms with Crippen molar-refractivity contribution in [3.63, 3.8) is 0 Å². The molecule has 4 nitrogen and oxygen atoms in total. The van der Waals surface area contributed by atoms with Crippen LogP contribution in [-0.4, -0.2) is 50.2 Å². The fraction of sp³-hybridized carbons (Fsp3) is 0.345. The number of nitrogens with zero attached hydrogens (tertiary/aromatic N) is 3. The monoisotopic (exact) mass is 472 g/mol. The van der Waals surface area contributed by atoms with Crippen LogP contribution in [0.3, 0.4) is 0 Å². The van der Waals surface area contributed by atoms with E-state index in [1.54, 1.807) is 16.7 Å². The van der Waals surface area contributed by atoms with Gasteiger partial charge in [-0.1, -0.05) is 42.1 Å². The molecule has 0 aliphatic carbocycles. The molecule has 1 fully saturated rings. The SMILES string of the molecule is Cc1ccccc1N(C)C(=O)c1ccc2c(c1)N(C(C)C[N+]1(C)CCCC1)c1ccccc1S2. The zero-order valence-electron chi connectivity index (χ0n) is 20.6. The molecular formula is C29H34N3OS+. The van der Waals surface area contributed by atoms with Gasteiger partial charge in [-0.15, -0.1) is 0 Å². The van der Waals surface area contributed by atoms with Crippen molar-refractivity contribution in [1.82, 2.24) is 0 Å². The van der Waals surface area contributed by atoms with Crippen molar-refractivity contribution >= 4 is 34.7 Å². The molecule has 3 aromatic rings. The van der Waals surface area contributed by atoms with E-state index in [2.05, 4.69) is 55.3 Å². The van der Waals surface area contributed by atoms with Crippen LogP contribution in [0.2, 0.25) is 0 Å². The second-order valence-electron chi connectivity index (χ2n) is 10.1. The zero-order chi connectivity index (χ0) is 23.9. The molecule has 1 amide bonds. The van der Waals surface area contributed by atoms with Crippen molar-refractivity contribution in [1.29, 1.82) is 0 Å². The van der Waals surface area contributed by atoms with E-state index < -0.39 is 0 Å². The van der Waals surface area contributed by atoms with Gasteiger partial charge < -0.3 is 14.3 Å². The van der Waals surface area contributed by atoms with Crippen LogP contribution in [0, 0.1) is 6.92 Å². The van der Waals surface area contributed by atoms with Crippen molar-refractivity contribution in [2.75, 3.05) is 43.5 Å². The van der Waals surface area contributed by atoms with Crippen molar-refractivity contribution < 1.29 is 9.28 Å². The van der Waals surface area contributed by atoms with Crippen LogP contribution < -0.4 is 9.80 Å². The molecule has 0 aromatic heterocycles. The molecule has 1 unspecified atom stereocenters. The first-order valence-corrected chi connectivity index (χ1v) is 13.1. The Bertz CT molecular complexity index is 1220. The van der Waals surface area contributed by atoms with Crippen LogP contribution in [0.4, 0.5) is 17.1 Å². The van der Waals surface area contributed by atoms with Gasteiger partial charge in [0.2, 0.25) is 0 Å². The molecule has 0 bridgehead atoms. The molecule has 0 spiro atoms. The smallest absolute Gasteiger partial charge is 0.258 e. The number of aryl methyl sites for hydroxylation is 1. The summed E-state index contributed by atoms with van der Waals surface area (Å²) < 4.78 is 1.12. The average Bonchev–Trinajstić information content (AvgIpc) is 3.27. The minimum Gasteiger partial charge on any atom is -0.331 e. The van der Waals surface area contributed by atoms with Crippen LogP contribution in [0.5, 0.6) is 0 Å². The van der Waals surface area contributed by atoms with Gasteiger partial charge in [-0.25, -0.2) is 0 Å². The van der Waals surface area contributed by atoms with Gasteiger partial charge in [0.25, 0.3) is 5.91 Å². The molecule has 1 saturated heterocycles. The topological polar surface area (TPSA) is 23.6 Å². The molecule has 2 heterocycles. The Kier molecular flexibility index (Phi) is 6.17. The summed E-state index contributed by atoms with van der Waals surface area (Å²) >= 11 is 1.80. The summed E-state index contributed by atoms with van der Waals surface area (Å²) in [6.45, 7) is 7.99. The number of para-hydroxylation sites is 2. The van der Waals surface area contributed by atoms with Crippen LogP contribution in [-0.2, 0) is 0 Å². The molecule has 0 N–H and O–H groups in total. The molecule has 5 rings (SSSR count). The molecule has 2 aliphatic heterocycles. The highest BCUT2D eigenvalue weighted by molar-refractivity contribution is 7.99. The lowest BCUT2D eigenvalue weighted by molar-refractivity contribution is -0.898. The molecule has 0 radical (unpaired) electrons. The van der Waals surface area contributed by atoms with Crippen LogP contribution in [0.15, 0.2) is 76.5 Å². The number of fused-ring (bicyclic) bond motifs is 2. The number of carbonyl (C=O) groups is 1. The van der Waals surface area contributed by atoms with Crippen LogP contribution in [0.1, 0.15) is 35.7 Å². The quantitative estimate of drug-likeness (QED) is 0.396. The summed E-state index contributed by atoms with van der Waals surface area (Å²) in [5.74, 6) is 0.0205. The third-order valence-electron chi connectivity index (χ3n) is 7.38. The maximum absolute atomic E-state index is 13.5. The number of hydrogen-bond acceptors (Lipinski definition) is 3. The normalized spacial score (nSPS) is 17.1. The molecule has 1 atom stereocenters. The van der Waals surface area contributed by atoms with Gasteiger partial charge >= 0.3 is 0 Å². The number of carbonyl (C=O) groups excluding carboxylic acids is 1. The molecule has 2 aliphatic rings. The van der Waals surface area contributed by atoms with E-state index in [9.17, 15) is 4.79 Å². The van der Waals surface area contributed by atoms with Crippen molar-refractivity contribution in [2.24, 2.45) is 0 Å². The lowest BCUT2D eigenvalue weighted by Gasteiger charge is -2.41. The van der Waals surface area contributed by atoms with Crippen LogP contribution >= 0.6 is 11.8 Å². The molecule has 0 saturated carbocycles. The molecular weight excluding hydrogens is 438 g/mol. The first-order chi connectivity index (χ1) is 16.4. The largest absolute Gasteiger partial charge is 0.331 e. The summed E-state index contributed by atoms with van der Waals surface area (Å²) in [5, 5.41) is 0. The Morgan fingerprint density at radius 2 is 1.68 bits per heavy atom. The number of benzene rings is 3. The predicted molar refractivity (Wildman–Crippen MR) is 143 cm³/mol. The summed E-state index contributed by atoms with van der Waals surface area (Å²) in [7, 11) is 4.26. The van der Waals surface area contributed by atoms with E-state index in [1.807, 2.05) is 44.3 Å². The Balaban J connectivity index is 1.52. The molecule has 5 heteroatoms. The summed E-state index contributed by atoms with van der Waals surface area (Å²) in [6.07, 6.45) is 2.63. The second kappa shape index (κ2) is 9.12. The fourth-order valence-electron chi connectivity index (χ4n) is 5.63. The molecule has 176 valence electrons. The van der Waals surface area contributed by atoms with Crippen molar-refractivity contribution in [2.45, 2.75) is 42.5 Å². The number of likely N-dealkylation sites (N-methyl/N-ethyl adjacent to an activating group) is 1. The van der Waals surface area contributed by atoms with E-state index in [0.29, 0.717) is 6.04 Å². The first kappa shape index (κ1) is 23.0. The fourth-order valence-corrected chi connectivity index (χ4v) is 6.69. The van der Waals surface area contributed by atoms with E-state index in [4.69, 9.17) is 0 Å². The Morgan fingerprint density at radius 1 is 1.00 bits per heavy atom. The summed E-state index contributed by atoms with van der Waals surface area (Å²) in [4.78, 5) is 20.3. The van der Waals surface area contributed by atoms with Crippen LogP contribution in [0.25, 0.3) is 0 Å². The molecule has 34 heavy (non-hydrogen) atoms. The third-order valence-corrected chi connectivity index (χ3v) is 8.51. The summed E-state index contributed by atoms with van der Waals surface area (Å²) in [6, 6.07) is 23.2. The lowest BCUT2D eigenvalue weighted by Crippen LogP contribution is -2.50. The van der Waals surface area contributed by atoms with Gasteiger partial charge in [-0.2, -0.15) is 0 Å². The third kappa shape index (κ3) is 4.23. The highest BCUT2D eigenvalue weighted by atomic mass is 32.2. The van der Waals surface area contributed by atoms with Crippen molar-refractivity contribution in [3.05, 3.63) is 77.9 Å². The Hall–Kier alpha value is -2.76. The van der Waals surface area contributed by atoms with E-state index in [1.165, 1.54) is 41.4 Å². The highest BCUT2D eigenvalue weighted by Gasteiger charge is 2.35. The maximum atomic E-state index is 13.5. The maximum Gasteiger partial charge on any atom is 0.258 e. The van der Waals surface area contributed by atoms with Gasteiger partial charge in [-0.05, 0) is 55.8 Å². The number of anilines is 3. The van der Waals surface area contributed by atoms with Crippen molar-refractivity contribution in [3.8, 4) is 0 Å². The number of rotatable bonds is 5. The van der Waals surface area contributed by atoms with Gasteiger partial charge in [0.05, 0.1) is 44.1 Å². The predicted octanol–water partition coefficient (Wildman–Crippen LogP) is 6.50. The number of hydrogen-bond donors (Lipinski definition) is 0. The number of amides is 1. The van der Waals surface area contributed by atoms with E-state index in [0.717, 1.165) is 33.5 Å². The van der Waals surface area contributed by atoms with Gasteiger partial charge in [-0.3, -0.25) is 4.79 Å². The van der Waals surface area contributed by atoms with Gasteiger partial charge in [0.1, 0.15) is 0 Å². The standard InChI is InChI=1S/C29H34N3OS/c1-21-11-5-6-12-24(21)30(3)29(33)23-15-16-28-26(19-23)31(25-13-7-8-14-27(25)34-28)22(2)20-32(4)17-9-10-18-32/h5-8,11-16,19,22H,9-10,17-18,20H2,1-4H3/q+1. The lowest BCUT2D eigenvalue weighted by atomic mass is 10.1. The number of likely N-dealkylation sites (tertiary alicyclic amines) is 1. The average molecular weight is 473 g/mol. The zero-order valence-corrected chi connectivity index (χ0v) is 21.4. The Morgan fingerprint density at radius 3 is 2.44 bits per heavy atom. The Labute approximate surface area is 207 Å². The van der Waals surface area contributed by atoms with E-state index in [-0.39, 0.29) is 5.91 Å². The highest BCUT2D eigenvalue weighted by Crippen LogP contribution is 2.49. The van der Waals surface area contributed by atoms with Gasteiger partial charge in [0, 0.05) is 40.9 Å².